The van der Waals surface area contributed by atoms with Crippen LogP contribution >= 0.6 is 23.2 Å². The van der Waals surface area contributed by atoms with Gasteiger partial charge in [-0.3, -0.25) is 9.59 Å². The van der Waals surface area contributed by atoms with Crippen molar-refractivity contribution in [1.82, 2.24) is 4.57 Å². The first-order valence-corrected chi connectivity index (χ1v) is 11.7. The summed E-state index contributed by atoms with van der Waals surface area (Å²) in [6.45, 7) is 0.534. The lowest BCUT2D eigenvalue weighted by atomic mass is 10.1. The molecular formula is C27H21Cl2N3O3. The SMILES string of the molecule is COc1cc(Cl)ccc1C(=O)Nc1ccc(C(=O)N2CCc3cccn3-c3ccccc32)cc1Cl. The van der Waals surface area contributed by atoms with Gasteiger partial charge in [0.1, 0.15) is 5.75 Å². The van der Waals surface area contributed by atoms with E-state index in [-0.39, 0.29) is 10.9 Å². The summed E-state index contributed by atoms with van der Waals surface area (Å²) in [4.78, 5) is 28.1. The van der Waals surface area contributed by atoms with Gasteiger partial charge in [-0.1, -0.05) is 35.3 Å². The zero-order chi connectivity index (χ0) is 24.5. The second-order valence-corrected chi connectivity index (χ2v) is 8.90. The van der Waals surface area contributed by atoms with E-state index in [9.17, 15) is 9.59 Å². The molecule has 0 fully saturated rings. The number of anilines is 2. The average Bonchev–Trinajstić information content (AvgIpc) is 3.27. The average molecular weight is 506 g/mol. The molecule has 2 heterocycles. The molecule has 6 nitrogen and oxygen atoms in total. The summed E-state index contributed by atoms with van der Waals surface area (Å²) in [5.74, 6) is -0.214. The Morgan fingerprint density at radius 2 is 1.74 bits per heavy atom. The van der Waals surface area contributed by atoms with Crippen molar-refractivity contribution in [1.29, 1.82) is 0 Å². The fraction of sp³-hybridized carbons (Fsp3) is 0.111. The van der Waals surface area contributed by atoms with Crippen molar-refractivity contribution in [2.24, 2.45) is 0 Å². The summed E-state index contributed by atoms with van der Waals surface area (Å²) < 4.78 is 7.37. The Kier molecular flexibility index (Phi) is 6.24. The lowest BCUT2D eigenvalue weighted by Crippen LogP contribution is -2.32. The summed E-state index contributed by atoms with van der Waals surface area (Å²) in [6, 6.07) is 21.5. The fourth-order valence-corrected chi connectivity index (χ4v) is 4.65. The number of aromatic nitrogens is 1. The quantitative estimate of drug-likeness (QED) is 0.356. The van der Waals surface area contributed by atoms with Gasteiger partial charge in [-0.2, -0.15) is 0 Å². The molecule has 3 aromatic carbocycles. The number of nitrogens with zero attached hydrogens (tertiary/aromatic N) is 2. The summed E-state index contributed by atoms with van der Waals surface area (Å²) >= 11 is 12.5. The van der Waals surface area contributed by atoms with Gasteiger partial charge < -0.3 is 19.5 Å². The molecule has 0 radical (unpaired) electrons. The highest BCUT2D eigenvalue weighted by Crippen LogP contribution is 2.32. The maximum Gasteiger partial charge on any atom is 0.259 e. The molecular weight excluding hydrogens is 485 g/mol. The molecule has 0 saturated carbocycles. The molecule has 0 aliphatic carbocycles. The molecule has 1 aliphatic heterocycles. The predicted molar refractivity (Wildman–Crippen MR) is 139 cm³/mol. The molecule has 0 unspecified atom stereocenters. The number of hydrogen-bond donors (Lipinski definition) is 1. The van der Waals surface area contributed by atoms with Gasteiger partial charge in [-0.15, -0.1) is 0 Å². The first-order valence-electron chi connectivity index (χ1n) is 11.0. The molecule has 0 saturated heterocycles. The van der Waals surface area contributed by atoms with Crippen molar-refractivity contribution < 1.29 is 14.3 Å². The van der Waals surface area contributed by atoms with Crippen molar-refractivity contribution in [2.75, 3.05) is 23.9 Å². The van der Waals surface area contributed by atoms with E-state index >= 15 is 0 Å². The Morgan fingerprint density at radius 3 is 2.51 bits per heavy atom. The number of carbonyl (C=O) groups excluding carboxylic acids is 2. The van der Waals surface area contributed by atoms with Crippen LogP contribution in [-0.4, -0.2) is 30.0 Å². The third kappa shape index (κ3) is 4.38. The van der Waals surface area contributed by atoms with E-state index in [4.69, 9.17) is 27.9 Å². The maximum absolute atomic E-state index is 13.6. The van der Waals surface area contributed by atoms with Gasteiger partial charge in [0, 0.05) is 35.4 Å². The molecule has 176 valence electrons. The van der Waals surface area contributed by atoms with Crippen molar-refractivity contribution in [3.8, 4) is 11.4 Å². The van der Waals surface area contributed by atoms with E-state index in [1.807, 2.05) is 36.5 Å². The summed E-state index contributed by atoms with van der Waals surface area (Å²) in [7, 11) is 1.47. The lowest BCUT2D eigenvalue weighted by molar-refractivity contribution is 0.0986. The Balaban J connectivity index is 1.40. The summed E-state index contributed by atoms with van der Waals surface area (Å²) in [6.07, 6.45) is 2.73. The van der Waals surface area contributed by atoms with E-state index in [0.29, 0.717) is 34.1 Å². The minimum atomic E-state index is -0.400. The van der Waals surface area contributed by atoms with Gasteiger partial charge in [0.2, 0.25) is 0 Å². The molecule has 1 aromatic heterocycles. The van der Waals surface area contributed by atoms with Crippen LogP contribution in [0.4, 0.5) is 11.4 Å². The Hall–Kier alpha value is -3.74. The summed E-state index contributed by atoms with van der Waals surface area (Å²) in [5.41, 5.74) is 4.05. The van der Waals surface area contributed by atoms with Crippen molar-refractivity contribution in [3.05, 3.63) is 106 Å². The number of nitrogens with one attached hydrogen (secondary N) is 1. The van der Waals surface area contributed by atoms with E-state index < -0.39 is 5.91 Å². The van der Waals surface area contributed by atoms with Crippen molar-refractivity contribution in [2.45, 2.75) is 6.42 Å². The first kappa shape index (κ1) is 23.0. The third-order valence-electron chi connectivity index (χ3n) is 5.97. The van der Waals surface area contributed by atoms with Gasteiger partial charge in [0.05, 0.1) is 34.8 Å². The van der Waals surface area contributed by atoms with E-state index in [2.05, 4.69) is 16.0 Å². The minimum absolute atomic E-state index is 0.164. The molecule has 1 N–H and O–H groups in total. The zero-order valence-electron chi connectivity index (χ0n) is 18.8. The van der Waals surface area contributed by atoms with Gasteiger partial charge in [-0.05, 0) is 60.7 Å². The molecule has 5 rings (SSSR count). The molecule has 0 atom stereocenters. The number of fused-ring (bicyclic) bond motifs is 3. The molecule has 0 spiro atoms. The molecule has 0 bridgehead atoms. The Bertz CT molecular complexity index is 1450. The van der Waals surface area contributed by atoms with Crippen LogP contribution in [0.3, 0.4) is 0 Å². The number of halogens is 2. The van der Waals surface area contributed by atoms with Crippen LogP contribution in [0.15, 0.2) is 79.0 Å². The molecule has 8 heteroatoms. The van der Waals surface area contributed by atoms with E-state index in [0.717, 1.165) is 23.5 Å². The fourth-order valence-electron chi connectivity index (χ4n) is 4.26. The Labute approximate surface area is 212 Å². The topological polar surface area (TPSA) is 63.6 Å². The van der Waals surface area contributed by atoms with Gasteiger partial charge in [0.15, 0.2) is 0 Å². The second kappa shape index (κ2) is 9.49. The predicted octanol–water partition coefficient (Wildman–Crippen LogP) is 6.25. The smallest absolute Gasteiger partial charge is 0.259 e. The van der Waals surface area contributed by atoms with Crippen LogP contribution < -0.4 is 15.0 Å². The largest absolute Gasteiger partial charge is 0.496 e. The number of para-hydroxylation sites is 2. The van der Waals surface area contributed by atoms with E-state index in [1.165, 1.54) is 7.11 Å². The maximum atomic E-state index is 13.6. The highest BCUT2D eigenvalue weighted by Gasteiger charge is 2.25. The van der Waals surface area contributed by atoms with Crippen LogP contribution in [0.5, 0.6) is 5.75 Å². The number of rotatable bonds is 4. The van der Waals surface area contributed by atoms with Gasteiger partial charge in [-0.25, -0.2) is 0 Å². The van der Waals surface area contributed by atoms with Crippen LogP contribution in [0.2, 0.25) is 10.0 Å². The van der Waals surface area contributed by atoms with Crippen molar-refractivity contribution >= 4 is 46.4 Å². The van der Waals surface area contributed by atoms with Crippen LogP contribution in [-0.2, 0) is 6.42 Å². The third-order valence-corrected chi connectivity index (χ3v) is 6.52. The number of amides is 2. The number of benzene rings is 3. The van der Waals surface area contributed by atoms with Gasteiger partial charge in [0.25, 0.3) is 11.8 Å². The van der Waals surface area contributed by atoms with Crippen LogP contribution in [0.25, 0.3) is 5.69 Å². The monoisotopic (exact) mass is 505 g/mol. The minimum Gasteiger partial charge on any atom is -0.496 e. The molecule has 2 amide bonds. The van der Waals surface area contributed by atoms with Crippen molar-refractivity contribution in [3.63, 3.8) is 0 Å². The Morgan fingerprint density at radius 1 is 0.943 bits per heavy atom. The number of carbonyl (C=O) groups is 2. The molecule has 1 aliphatic rings. The van der Waals surface area contributed by atoms with Crippen LogP contribution in [0, 0.1) is 0 Å². The molecule has 35 heavy (non-hydrogen) atoms. The first-order chi connectivity index (χ1) is 17.0. The summed E-state index contributed by atoms with van der Waals surface area (Å²) in [5, 5.41) is 3.49. The van der Waals surface area contributed by atoms with Gasteiger partial charge >= 0.3 is 0 Å². The van der Waals surface area contributed by atoms with Crippen LogP contribution in [0.1, 0.15) is 26.4 Å². The number of ether oxygens (including phenoxy) is 1. The number of hydrogen-bond acceptors (Lipinski definition) is 3. The lowest BCUT2D eigenvalue weighted by Gasteiger charge is -2.23. The highest BCUT2D eigenvalue weighted by atomic mass is 35.5. The standard InChI is InChI=1S/C27H21Cl2N3O3/c1-35-25-16-18(28)9-10-20(25)26(33)30-22-11-8-17(15-21(22)29)27(34)32-14-12-19-5-4-13-31(19)23-6-2-3-7-24(23)32/h2-11,13,15-16H,12,14H2,1H3,(H,30,33). The van der Waals surface area contributed by atoms with E-state index in [1.54, 1.807) is 41.3 Å². The number of methoxy groups -OCH3 is 1. The normalized spacial score (nSPS) is 12.4. The highest BCUT2D eigenvalue weighted by molar-refractivity contribution is 6.34. The zero-order valence-corrected chi connectivity index (χ0v) is 20.3. The molecule has 4 aromatic rings. The second-order valence-electron chi connectivity index (χ2n) is 8.06.